The maximum atomic E-state index is 10.7. The fourth-order valence-corrected chi connectivity index (χ4v) is 1.04. The third-order valence-electron chi connectivity index (χ3n) is 1.20. The average Bonchev–Trinajstić information content (AvgIpc) is 2.08. The van der Waals surface area contributed by atoms with Crippen molar-refractivity contribution in [2.45, 2.75) is 0 Å². The molecule has 1 aromatic rings. The number of hydrogen-bond acceptors (Lipinski definition) is 2. The molecule has 0 aromatic heterocycles. The van der Waals surface area contributed by atoms with Crippen LogP contribution >= 0.6 is 23.2 Å². The third-order valence-corrected chi connectivity index (χ3v) is 1.75. The summed E-state index contributed by atoms with van der Waals surface area (Å²) in [6.45, 7) is 0. The summed E-state index contributed by atoms with van der Waals surface area (Å²) < 4.78 is 0. The summed E-state index contributed by atoms with van der Waals surface area (Å²) in [5, 5.41) is 21.8. The van der Waals surface area contributed by atoms with E-state index in [2.05, 4.69) is 5.28 Å². The van der Waals surface area contributed by atoms with Crippen molar-refractivity contribution in [3.63, 3.8) is 0 Å². The van der Waals surface area contributed by atoms with Crippen molar-refractivity contribution in [2.24, 2.45) is 5.28 Å². The minimum atomic E-state index is -0.0196. The molecule has 0 unspecified atom stereocenters. The first-order valence-electron chi connectivity index (χ1n) is 2.92. The van der Waals surface area contributed by atoms with Crippen LogP contribution in [0.25, 0.3) is 0 Å². The Labute approximate surface area is 78.2 Å². The first kappa shape index (κ1) is 9.09. The SMILES string of the molecule is [O-]/[N+](=N\O)c1cc(Cl)ccc1Cl. The highest BCUT2D eigenvalue weighted by molar-refractivity contribution is 6.34. The Kier molecular flexibility index (Phi) is 2.73. The van der Waals surface area contributed by atoms with Crippen molar-refractivity contribution < 1.29 is 10.1 Å². The van der Waals surface area contributed by atoms with Gasteiger partial charge in [0.1, 0.15) is 5.02 Å². The second kappa shape index (κ2) is 3.60. The van der Waals surface area contributed by atoms with Crippen LogP contribution in [0.15, 0.2) is 23.5 Å². The van der Waals surface area contributed by atoms with E-state index in [-0.39, 0.29) is 15.6 Å². The van der Waals surface area contributed by atoms with Crippen LogP contribution in [0.3, 0.4) is 0 Å². The van der Waals surface area contributed by atoms with E-state index in [4.69, 9.17) is 28.4 Å². The predicted octanol–water partition coefficient (Wildman–Crippen LogP) is 2.98. The zero-order valence-corrected chi connectivity index (χ0v) is 7.25. The molecule has 0 spiro atoms. The molecule has 0 aliphatic carbocycles. The van der Waals surface area contributed by atoms with E-state index in [9.17, 15) is 5.21 Å². The lowest BCUT2D eigenvalue weighted by molar-refractivity contribution is -0.473. The van der Waals surface area contributed by atoms with Gasteiger partial charge in [0.2, 0.25) is 5.28 Å². The molecule has 0 aliphatic rings. The lowest BCUT2D eigenvalue weighted by Gasteiger charge is -1.98. The molecule has 0 amide bonds. The molecule has 0 saturated carbocycles. The van der Waals surface area contributed by atoms with Gasteiger partial charge in [-0.1, -0.05) is 23.2 Å². The first-order valence-corrected chi connectivity index (χ1v) is 3.68. The van der Waals surface area contributed by atoms with Gasteiger partial charge in [-0.05, 0) is 17.0 Å². The van der Waals surface area contributed by atoms with Gasteiger partial charge in [0, 0.05) is 11.1 Å². The molecular weight excluding hydrogens is 203 g/mol. The Morgan fingerprint density at radius 3 is 2.67 bits per heavy atom. The molecule has 6 heteroatoms. The summed E-state index contributed by atoms with van der Waals surface area (Å²) in [5.74, 6) is 0. The van der Waals surface area contributed by atoms with Gasteiger partial charge in [-0.25, -0.2) is 0 Å². The quantitative estimate of drug-likeness (QED) is 0.437. The van der Waals surface area contributed by atoms with Crippen LogP contribution in [0.1, 0.15) is 0 Å². The minimum Gasteiger partial charge on any atom is -0.592 e. The molecule has 4 nitrogen and oxygen atoms in total. The van der Waals surface area contributed by atoms with Gasteiger partial charge in [0.25, 0.3) is 5.69 Å². The Morgan fingerprint density at radius 2 is 2.08 bits per heavy atom. The Bertz CT molecular complexity index is 327. The van der Waals surface area contributed by atoms with Crippen LogP contribution in [-0.4, -0.2) is 10.1 Å². The maximum Gasteiger partial charge on any atom is 0.268 e. The van der Waals surface area contributed by atoms with Crippen molar-refractivity contribution in [1.29, 1.82) is 0 Å². The Morgan fingerprint density at radius 1 is 1.42 bits per heavy atom. The lowest BCUT2D eigenvalue weighted by atomic mass is 10.3. The standard InChI is InChI=1S/C6H4Cl2N2O2/c7-4-1-2-5(8)6(3-4)10(12)9-11/h1-3,11H/b10-9-. The fourth-order valence-electron chi connectivity index (χ4n) is 0.681. The van der Waals surface area contributed by atoms with Crippen molar-refractivity contribution >= 4 is 28.9 Å². The second-order valence-corrected chi connectivity index (χ2v) is 2.80. The topological polar surface area (TPSA) is 58.7 Å². The van der Waals surface area contributed by atoms with E-state index in [1.54, 1.807) is 0 Å². The summed E-state index contributed by atoms with van der Waals surface area (Å²) in [5.41, 5.74) is 0.00617. The molecule has 0 aliphatic heterocycles. The zero-order chi connectivity index (χ0) is 9.14. The summed E-state index contributed by atoms with van der Waals surface area (Å²) in [4.78, 5) is -0.0196. The number of halogens is 2. The van der Waals surface area contributed by atoms with Crippen LogP contribution in [-0.2, 0) is 0 Å². The third kappa shape index (κ3) is 1.78. The average molecular weight is 207 g/mol. The molecule has 64 valence electrons. The van der Waals surface area contributed by atoms with E-state index in [0.717, 1.165) is 0 Å². The Balaban J connectivity index is 3.23. The van der Waals surface area contributed by atoms with Crippen molar-refractivity contribution in [1.82, 2.24) is 0 Å². The normalized spacial score (nSPS) is 11.7. The summed E-state index contributed by atoms with van der Waals surface area (Å²) in [6, 6.07) is 4.27. The van der Waals surface area contributed by atoms with Gasteiger partial charge in [-0.3, -0.25) is 0 Å². The van der Waals surface area contributed by atoms with E-state index < -0.39 is 0 Å². The highest BCUT2D eigenvalue weighted by Gasteiger charge is 2.10. The smallest absolute Gasteiger partial charge is 0.268 e. The van der Waals surface area contributed by atoms with Gasteiger partial charge in [-0.2, -0.15) is 0 Å². The molecule has 1 rings (SSSR count). The molecular formula is C6H4Cl2N2O2. The highest BCUT2D eigenvalue weighted by atomic mass is 35.5. The number of benzene rings is 1. The van der Waals surface area contributed by atoms with Crippen LogP contribution in [0.5, 0.6) is 0 Å². The largest absolute Gasteiger partial charge is 0.592 e. The van der Waals surface area contributed by atoms with Gasteiger partial charge >= 0.3 is 0 Å². The van der Waals surface area contributed by atoms with Gasteiger partial charge in [-0.15, -0.1) is 0 Å². The fraction of sp³-hybridized carbons (Fsp3) is 0. The number of nitrogens with zero attached hydrogens (tertiary/aromatic N) is 2. The van der Waals surface area contributed by atoms with E-state index in [1.807, 2.05) is 0 Å². The summed E-state index contributed by atoms with van der Waals surface area (Å²) in [6.07, 6.45) is 0. The lowest BCUT2D eigenvalue weighted by Crippen LogP contribution is -1.91. The number of hydrogen-bond donors (Lipinski definition) is 1. The summed E-state index contributed by atoms with van der Waals surface area (Å²) >= 11 is 11.2. The highest BCUT2D eigenvalue weighted by Crippen LogP contribution is 2.27. The first-order chi connectivity index (χ1) is 5.65. The second-order valence-electron chi connectivity index (χ2n) is 1.96. The predicted molar refractivity (Wildman–Crippen MR) is 44.0 cm³/mol. The molecule has 1 aromatic carbocycles. The molecule has 0 saturated heterocycles. The molecule has 0 fully saturated rings. The minimum absolute atomic E-state index is 0.00617. The van der Waals surface area contributed by atoms with Crippen molar-refractivity contribution in [3.8, 4) is 0 Å². The van der Waals surface area contributed by atoms with E-state index in [1.165, 1.54) is 18.2 Å². The van der Waals surface area contributed by atoms with Gasteiger partial charge < -0.3 is 10.4 Å². The zero-order valence-electron chi connectivity index (χ0n) is 5.74. The Hall–Kier alpha value is -1.000. The molecule has 0 bridgehead atoms. The molecule has 0 atom stereocenters. The summed E-state index contributed by atoms with van der Waals surface area (Å²) in [7, 11) is 0. The maximum absolute atomic E-state index is 10.7. The van der Waals surface area contributed by atoms with Gasteiger partial charge in [0.15, 0.2) is 0 Å². The van der Waals surface area contributed by atoms with Gasteiger partial charge in [0.05, 0.1) is 0 Å². The molecule has 0 radical (unpaired) electrons. The van der Waals surface area contributed by atoms with E-state index >= 15 is 0 Å². The van der Waals surface area contributed by atoms with Crippen LogP contribution in [0.2, 0.25) is 10.0 Å². The molecule has 0 heterocycles. The van der Waals surface area contributed by atoms with Crippen LogP contribution in [0.4, 0.5) is 5.69 Å². The van der Waals surface area contributed by atoms with E-state index in [0.29, 0.717) is 5.02 Å². The molecule has 1 N–H and O–H groups in total. The number of rotatable bonds is 1. The van der Waals surface area contributed by atoms with Crippen molar-refractivity contribution in [3.05, 3.63) is 33.5 Å². The van der Waals surface area contributed by atoms with Crippen molar-refractivity contribution in [2.75, 3.05) is 0 Å². The monoisotopic (exact) mass is 206 g/mol. The van der Waals surface area contributed by atoms with Crippen LogP contribution < -0.4 is 0 Å². The van der Waals surface area contributed by atoms with Crippen LogP contribution in [0, 0.1) is 5.21 Å². The molecule has 12 heavy (non-hydrogen) atoms.